The number of hydrogen-bond donors (Lipinski definition) is 0. The molecule has 0 radical (unpaired) electrons. The third kappa shape index (κ3) is 1.96. The van der Waals surface area contributed by atoms with Crippen molar-refractivity contribution in [1.82, 2.24) is 4.90 Å². The summed E-state index contributed by atoms with van der Waals surface area (Å²) in [4.78, 5) is 14.1. The summed E-state index contributed by atoms with van der Waals surface area (Å²) in [6.45, 7) is 4.18. The van der Waals surface area contributed by atoms with Crippen LogP contribution in [0.4, 0.5) is 0 Å². The molecular weight excluding hydrogens is 186 g/mol. The molecule has 0 amide bonds. The summed E-state index contributed by atoms with van der Waals surface area (Å²) in [6, 6.07) is 0.848. The van der Waals surface area contributed by atoms with Gasteiger partial charge in [-0.2, -0.15) is 0 Å². The van der Waals surface area contributed by atoms with E-state index in [1.165, 1.54) is 25.7 Å². The van der Waals surface area contributed by atoms with Crippen molar-refractivity contribution in [2.75, 3.05) is 13.1 Å². The van der Waals surface area contributed by atoms with E-state index in [0.717, 1.165) is 37.4 Å². The number of likely N-dealkylation sites (tertiary alicyclic amines) is 1. The second-order valence-electron chi connectivity index (χ2n) is 5.78. The average molecular weight is 207 g/mol. The van der Waals surface area contributed by atoms with Crippen molar-refractivity contribution in [3.8, 4) is 0 Å². The van der Waals surface area contributed by atoms with Crippen molar-refractivity contribution < 1.29 is 4.79 Å². The van der Waals surface area contributed by atoms with Crippen molar-refractivity contribution >= 4 is 5.78 Å². The van der Waals surface area contributed by atoms with Crippen molar-refractivity contribution in [2.24, 2.45) is 17.8 Å². The third-order valence-corrected chi connectivity index (χ3v) is 4.34. The molecule has 15 heavy (non-hydrogen) atoms. The van der Waals surface area contributed by atoms with Gasteiger partial charge in [-0.05, 0) is 37.5 Å². The van der Waals surface area contributed by atoms with Gasteiger partial charge in [-0.25, -0.2) is 0 Å². The molecule has 2 aliphatic carbocycles. The Morgan fingerprint density at radius 2 is 1.80 bits per heavy atom. The Morgan fingerprint density at radius 3 is 2.27 bits per heavy atom. The monoisotopic (exact) mass is 207 g/mol. The van der Waals surface area contributed by atoms with Crippen molar-refractivity contribution in [2.45, 2.75) is 45.1 Å². The van der Waals surface area contributed by atoms with Crippen LogP contribution in [-0.4, -0.2) is 29.8 Å². The van der Waals surface area contributed by atoms with Crippen LogP contribution in [0.15, 0.2) is 0 Å². The molecule has 3 fully saturated rings. The Labute approximate surface area is 92.0 Å². The molecule has 0 spiro atoms. The SMILES string of the molecule is CC1CN(C(C2CC2)C2CC2)CCC1=O. The van der Waals surface area contributed by atoms with E-state index in [2.05, 4.69) is 11.8 Å². The molecule has 0 bridgehead atoms. The second-order valence-corrected chi connectivity index (χ2v) is 5.78. The van der Waals surface area contributed by atoms with Crippen LogP contribution < -0.4 is 0 Å². The van der Waals surface area contributed by atoms with E-state index in [9.17, 15) is 4.79 Å². The number of nitrogens with zero attached hydrogens (tertiary/aromatic N) is 1. The molecule has 0 aromatic carbocycles. The lowest BCUT2D eigenvalue weighted by molar-refractivity contribution is -0.126. The van der Waals surface area contributed by atoms with Gasteiger partial charge in [-0.3, -0.25) is 9.69 Å². The quantitative estimate of drug-likeness (QED) is 0.706. The van der Waals surface area contributed by atoms with E-state index in [1.807, 2.05) is 0 Å². The van der Waals surface area contributed by atoms with Gasteiger partial charge in [-0.1, -0.05) is 6.92 Å². The number of carbonyl (C=O) groups excluding carboxylic acids is 1. The van der Waals surface area contributed by atoms with E-state index in [4.69, 9.17) is 0 Å². The number of piperidine rings is 1. The van der Waals surface area contributed by atoms with Crippen molar-refractivity contribution in [3.63, 3.8) is 0 Å². The lowest BCUT2D eigenvalue weighted by Crippen LogP contribution is -2.47. The molecule has 3 aliphatic rings. The highest BCUT2D eigenvalue weighted by atomic mass is 16.1. The van der Waals surface area contributed by atoms with Gasteiger partial charge in [0, 0.05) is 31.5 Å². The molecule has 1 heterocycles. The molecule has 1 unspecified atom stereocenters. The van der Waals surface area contributed by atoms with E-state index in [-0.39, 0.29) is 0 Å². The first-order chi connectivity index (χ1) is 7.25. The predicted octanol–water partition coefficient (Wildman–Crippen LogP) is 2.09. The summed E-state index contributed by atoms with van der Waals surface area (Å²) < 4.78 is 0. The summed E-state index contributed by atoms with van der Waals surface area (Å²) in [5, 5.41) is 0. The predicted molar refractivity (Wildman–Crippen MR) is 59.6 cm³/mol. The molecule has 2 saturated carbocycles. The van der Waals surface area contributed by atoms with Crippen LogP contribution in [-0.2, 0) is 4.79 Å². The number of Topliss-reactive ketones (excluding diaryl/α,β-unsaturated/α-hetero) is 1. The van der Waals surface area contributed by atoms with Gasteiger partial charge >= 0.3 is 0 Å². The molecule has 1 atom stereocenters. The van der Waals surface area contributed by atoms with Gasteiger partial charge in [0.25, 0.3) is 0 Å². The van der Waals surface area contributed by atoms with E-state index in [1.54, 1.807) is 0 Å². The maximum atomic E-state index is 11.5. The largest absolute Gasteiger partial charge is 0.299 e. The van der Waals surface area contributed by atoms with Crippen molar-refractivity contribution in [1.29, 1.82) is 0 Å². The zero-order chi connectivity index (χ0) is 10.4. The van der Waals surface area contributed by atoms with Crippen LogP contribution in [0.3, 0.4) is 0 Å². The first-order valence-corrected chi connectivity index (χ1v) is 6.52. The first kappa shape index (κ1) is 9.83. The Kier molecular flexibility index (Phi) is 2.35. The van der Waals surface area contributed by atoms with Crippen LogP contribution in [0.1, 0.15) is 39.0 Å². The minimum Gasteiger partial charge on any atom is -0.299 e. The summed E-state index contributed by atoms with van der Waals surface area (Å²) in [7, 11) is 0. The number of rotatable bonds is 3. The fraction of sp³-hybridized carbons (Fsp3) is 0.923. The average Bonchev–Trinajstić information content (AvgIpc) is 3.04. The molecule has 1 aliphatic heterocycles. The lowest BCUT2D eigenvalue weighted by Gasteiger charge is -2.37. The molecule has 84 valence electrons. The highest BCUT2D eigenvalue weighted by molar-refractivity contribution is 5.81. The molecule has 3 rings (SSSR count). The summed E-state index contributed by atoms with van der Waals surface area (Å²) >= 11 is 0. The van der Waals surface area contributed by atoms with Gasteiger partial charge in [-0.15, -0.1) is 0 Å². The highest BCUT2D eigenvalue weighted by Gasteiger charge is 2.45. The fourth-order valence-electron chi connectivity index (χ4n) is 3.17. The Hall–Kier alpha value is -0.370. The normalized spacial score (nSPS) is 33.7. The van der Waals surface area contributed by atoms with E-state index >= 15 is 0 Å². The van der Waals surface area contributed by atoms with Crippen LogP contribution in [0.25, 0.3) is 0 Å². The molecule has 2 heteroatoms. The van der Waals surface area contributed by atoms with Crippen molar-refractivity contribution in [3.05, 3.63) is 0 Å². The third-order valence-electron chi connectivity index (χ3n) is 4.34. The zero-order valence-corrected chi connectivity index (χ0v) is 9.61. The molecule has 2 nitrogen and oxygen atoms in total. The second kappa shape index (κ2) is 3.58. The standard InChI is InChI=1S/C13H21NO/c1-9-8-14(7-6-12(9)15)13(10-2-3-10)11-4-5-11/h9-11,13H,2-8H2,1H3. The summed E-state index contributed by atoms with van der Waals surface area (Å²) in [5.41, 5.74) is 0. The molecule has 0 N–H and O–H groups in total. The number of carbonyl (C=O) groups is 1. The van der Waals surface area contributed by atoms with Gasteiger partial charge in [0.05, 0.1) is 0 Å². The molecule has 0 aromatic rings. The molecule has 0 aromatic heterocycles. The fourth-order valence-corrected chi connectivity index (χ4v) is 3.17. The maximum Gasteiger partial charge on any atom is 0.138 e. The van der Waals surface area contributed by atoms with Crippen LogP contribution in [0.5, 0.6) is 0 Å². The summed E-state index contributed by atoms with van der Waals surface area (Å²) in [5.74, 6) is 2.74. The topological polar surface area (TPSA) is 20.3 Å². The van der Waals surface area contributed by atoms with Crippen LogP contribution in [0.2, 0.25) is 0 Å². The highest BCUT2D eigenvalue weighted by Crippen LogP contribution is 2.47. The lowest BCUT2D eigenvalue weighted by atomic mass is 9.94. The Bertz CT molecular complexity index is 256. The minimum absolute atomic E-state index is 0.291. The minimum atomic E-state index is 0.291. The van der Waals surface area contributed by atoms with E-state index in [0.29, 0.717) is 11.7 Å². The molecule has 1 saturated heterocycles. The Balaban J connectivity index is 1.66. The number of hydrogen-bond acceptors (Lipinski definition) is 2. The molecular formula is C13H21NO. The smallest absolute Gasteiger partial charge is 0.138 e. The summed E-state index contributed by atoms with van der Waals surface area (Å²) in [6.07, 6.45) is 6.58. The first-order valence-electron chi connectivity index (χ1n) is 6.52. The number of ketones is 1. The van der Waals surface area contributed by atoms with Crippen LogP contribution in [0, 0.1) is 17.8 Å². The van der Waals surface area contributed by atoms with Gasteiger partial charge in [0.2, 0.25) is 0 Å². The maximum absolute atomic E-state index is 11.5. The Morgan fingerprint density at radius 1 is 1.20 bits per heavy atom. The van der Waals surface area contributed by atoms with Gasteiger partial charge < -0.3 is 0 Å². The van der Waals surface area contributed by atoms with Gasteiger partial charge in [0.15, 0.2) is 0 Å². The van der Waals surface area contributed by atoms with Crippen LogP contribution >= 0.6 is 0 Å². The van der Waals surface area contributed by atoms with Gasteiger partial charge in [0.1, 0.15) is 5.78 Å². The zero-order valence-electron chi connectivity index (χ0n) is 9.61. The van der Waals surface area contributed by atoms with E-state index < -0.39 is 0 Å².